The lowest BCUT2D eigenvalue weighted by molar-refractivity contribution is -0.119. The Hall–Kier alpha value is -2.31. The van der Waals surface area contributed by atoms with E-state index in [2.05, 4.69) is 10.3 Å². The summed E-state index contributed by atoms with van der Waals surface area (Å²) in [6, 6.07) is 15.0. The topological polar surface area (TPSA) is 64.0 Å². The monoisotopic (exact) mass is 427 g/mol. The van der Waals surface area contributed by atoms with E-state index in [9.17, 15) is 9.59 Å². The van der Waals surface area contributed by atoms with Gasteiger partial charge in [0.25, 0.3) is 5.56 Å². The first-order valence-corrected chi connectivity index (χ1v) is 11.1. The summed E-state index contributed by atoms with van der Waals surface area (Å²) in [6.07, 6.45) is 4.42. The highest BCUT2D eigenvalue weighted by Crippen LogP contribution is 2.22. The number of hydrogen-bond donors (Lipinski definition) is 1. The van der Waals surface area contributed by atoms with Gasteiger partial charge in [0.2, 0.25) is 5.91 Å². The van der Waals surface area contributed by atoms with Crippen LogP contribution in [-0.4, -0.2) is 27.3 Å². The van der Waals surface area contributed by atoms with Crippen LogP contribution < -0.4 is 10.9 Å². The maximum atomic E-state index is 13.2. The largest absolute Gasteiger partial charge is 0.353 e. The first-order valence-electron chi connectivity index (χ1n) is 9.77. The summed E-state index contributed by atoms with van der Waals surface area (Å²) in [6.45, 7) is 0.308. The van der Waals surface area contributed by atoms with Gasteiger partial charge in [-0.15, -0.1) is 0 Å². The third kappa shape index (κ3) is 4.65. The molecule has 1 saturated carbocycles. The molecule has 3 aromatic rings. The number of thioether (sulfide) groups is 1. The third-order valence-electron chi connectivity index (χ3n) is 5.17. The van der Waals surface area contributed by atoms with Crippen LogP contribution in [0.1, 0.15) is 31.2 Å². The molecule has 7 heteroatoms. The number of amides is 1. The number of nitrogens with zero attached hydrogens (tertiary/aromatic N) is 2. The number of halogens is 1. The van der Waals surface area contributed by atoms with E-state index in [1.807, 2.05) is 36.4 Å². The Bertz CT molecular complexity index is 1090. The van der Waals surface area contributed by atoms with Crippen molar-refractivity contribution in [3.05, 3.63) is 69.5 Å². The van der Waals surface area contributed by atoms with Gasteiger partial charge in [-0.1, -0.05) is 66.5 Å². The van der Waals surface area contributed by atoms with Crippen molar-refractivity contribution in [2.45, 2.75) is 43.4 Å². The summed E-state index contributed by atoms with van der Waals surface area (Å²) >= 11 is 7.60. The van der Waals surface area contributed by atoms with E-state index >= 15 is 0 Å². The van der Waals surface area contributed by atoms with Gasteiger partial charge in [-0.2, -0.15) is 0 Å². The van der Waals surface area contributed by atoms with Crippen LogP contribution in [0, 0.1) is 0 Å². The summed E-state index contributed by atoms with van der Waals surface area (Å²) in [7, 11) is 0. The van der Waals surface area contributed by atoms with Crippen LogP contribution in [0.5, 0.6) is 0 Å². The Balaban J connectivity index is 1.63. The van der Waals surface area contributed by atoms with Gasteiger partial charge in [-0.25, -0.2) is 4.98 Å². The summed E-state index contributed by atoms with van der Waals surface area (Å²) in [5.74, 6) is 0.206. The number of hydrogen-bond acceptors (Lipinski definition) is 4. The zero-order valence-corrected chi connectivity index (χ0v) is 17.5. The second-order valence-corrected chi connectivity index (χ2v) is 8.58. The van der Waals surface area contributed by atoms with Gasteiger partial charge < -0.3 is 5.32 Å². The lowest BCUT2D eigenvalue weighted by Crippen LogP contribution is -2.34. The fourth-order valence-electron chi connectivity index (χ4n) is 3.66. The Kier molecular flexibility index (Phi) is 6.21. The molecular formula is C22H22ClN3O2S. The molecule has 0 spiro atoms. The maximum absolute atomic E-state index is 13.2. The van der Waals surface area contributed by atoms with Crippen molar-refractivity contribution < 1.29 is 4.79 Å². The molecule has 1 fully saturated rings. The van der Waals surface area contributed by atoms with E-state index < -0.39 is 0 Å². The first-order chi connectivity index (χ1) is 14.1. The van der Waals surface area contributed by atoms with Gasteiger partial charge in [0, 0.05) is 11.1 Å². The second kappa shape index (κ2) is 9.01. The van der Waals surface area contributed by atoms with Gasteiger partial charge in [-0.05, 0) is 36.6 Å². The van der Waals surface area contributed by atoms with Gasteiger partial charge in [0.1, 0.15) is 0 Å². The average Bonchev–Trinajstić information content (AvgIpc) is 3.23. The smallest absolute Gasteiger partial charge is 0.262 e. The zero-order valence-electron chi connectivity index (χ0n) is 15.9. The third-order valence-corrected chi connectivity index (χ3v) is 6.51. The van der Waals surface area contributed by atoms with Gasteiger partial charge in [0.15, 0.2) is 5.16 Å². The molecule has 2 aromatic carbocycles. The first kappa shape index (κ1) is 20.0. The predicted molar refractivity (Wildman–Crippen MR) is 118 cm³/mol. The molecule has 1 heterocycles. The number of carbonyl (C=O) groups excluding carboxylic acids is 1. The highest BCUT2D eigenvalue weighted by molar-refractivity contribution is 7.99. The van der Waals surface area contributed by atoms with Crippen molar-refractivity contribution in [3.8, 4) is 0 Å². The van der Waals surface area contributed by atoms with Crippen LogP contribution >= 0.6 is 23.4 Å². The molecule has 29 heavy (non-hydrogen) atoms. The number of carbonyl (C=O) groups is 1. The number of rotatable bonds is 6. The minimum atomic E-state index is -0.130. The molecular weight excluding hydrogens is 406 g/mol. The Morgan fingerprint density at radius 1 is 1.14 bits per heavy atom. The number of nitrogens with one attached hydrogen (secondary N) is 1. The summed E-state index contributed by atoms with van der Waals surface area (Å²) < 4.78 is 1.61. The number of fused-ring (bicyclic) bond motifs is 1. The minimum Gasteiger partial charge on any atom is -0.353 e. The van der Waals surface area contributed by atoms with Crippen LogP contribution in [-0.2, 0) is 11.3 Å². The number of aromatic nitrogens is 2. The Morgan fingerprint density at radius 2 is 1.86 bits per heavy atom. The minimum absolute atomic E-state index is 0.0198. The SMILES string of the molecule is O=C(CSc1nc2ccccc2c(=O)n1Cc1ccccc1Cl)NC1CCCC1. The van der Waals surface area contributed by atoms with Crippen LogP contribution in [0.15, 0.2) is 58.5 Å². The van der Waals surface area contributed by atoms with Crippen LogP contribution in [0.25, 0.3) is 10.9 Å². The van der Waals surface area contributed by atoms with Gasteiger partial charge >= 0.3 is 0 Å². The lowest BCUT2D eigenvalue weighted by Gasteiger charge is -2.15. The summed E-state index contributed by atoms with van der Waals surface area (Å²) in [4.78, 5) is 30.2. The Labute approximate surface area is 178 Å². The van der Waals surface area contributed by atoms with E-state index in [0.717, 1.165) is 18.4 Å². The molecule has 0 atom stereocenters. The van der Waals surface area contributed by atoms with E-state index in [1.165, 1.54) is 24.6 Å². The zero-order chi connectivity index (χ0) is 20.2. The molecule has 1 aliphatic rings. The van der Waals surface area contributed by atoms with Crippen LogP contribution in [0.3, 0.4) is 0 Å². The van der Waals surface area contributed by atoms with Crippen molar-refractivity contribution in [3.63, 3.8) is 0 Å². The van der Waals surface area contributed by atoms with Crippen molar-refractivity contribution in [1.82, 2.24) is 14.9 Å². The van der Waals surface area contributed by atoms with E-state index in [-0.39, 0.29) is 23.3 Å². The number of benzene rings is 2. The highest BCUT2D eigenvalue weighted by atomic mass is 35.5. The molecule has 1 aliphatic carbocycles. The maximum Gasteiger partial charge on any atom is 0.262 e. The standard InChI is InChI=1S/C22H22ClN3O2S/c23-18-11-5-1-7-15(18)13-26-21(28)17-10-4-6-12-19(17)25-22(26)29-14-20(27)24-16-8-2-3-9-16/h1,4-7,10-12,16H,2-3,8-9,13-14H2,(H,24,27). The molecule has 150 valence electrons. The molecule has 1 N–H and O–H groups in total. The fourth-order valence-corrected chi connectivity index (χ4v) is 4.67. The van der Waals surface area contributed by atoms with Crippen molar-refractivity contribution in [2.75, 3.05) is 5.75 Å². The van der Waals surface area contributed by atoms with E-state index in [0.29, 0.717) is 27.6 Å². The van der Waals surface area contributed by atoms with E-state index in [4.69, 9.17) is 11.6 Å². The summed E-state index contributed by atoms with van der Waals surface area (Å²) in [5.41, 5.74) is 1.34. The highest BCUT2D eigenvalue weighted by Gasteiger charge is 2.19. The lowest BCUT2D eigenvalue weighted by atomic mass is 10.2. The van der Waals surface area contributed by atoms with Crippen molar-refractivity contribution in [2.24, 2.45) is 0 Å². The average molecular weight is 428 g/mol. The molecule has 0 aliphatic heterocycles. The summed E-state index contributed by atoms with van der Waals surface area (Å²) in [5, 5.41) is 4.76. The molecule has 0 radical (unpaired) electrons. The fraction of sp³-hybridized carbons (Fsp3) is 0.318. The molecule has 4 rings (SSSR count). The molecule has 5 nitrogen and oxygen atoms in total. The molecule has 0 unspecified atom stereocenters. The van der Waals surface area contributed by atoms with Crippen molar-refractivity contribution >= 4 is 40.2 Å². The van der Waals surface area contributed by atoms with E-state index in [1.54, 1.807) is 16.7 Å². The van der Waals surface area contributed by atoms with Crippen LogP contribution in [0.2, 0.25) is 5.02 Å². The van der Waals surface area contributed by atoms with Gasteiger partial charge in [-0.3, -0.25) is 14.2 Å². The molecule has 1 aromatic heterocycles. The van der Waals surface area contributed by atoms with Crippen molar-refractivity contribution in [1.29, 1.82) is 0 Å². The second-order valence-electron chi connectivity index (χ2n) is 7.23. The van der Waals surface area contributed by atoms with Crippen LogP contribution in [0.4, 0.5) is 0 Å². The normalized spacial score (nSPS) is 14.4. The molecule has 1 amide bonds. The van der Waals surface area contributed by atoms with Gasteiger partial charge in [0.05, 0.1) is 23.2 Å². The predicted octanol–water partition coefficient (Wildman–Crippen LogP) is 4.25. The molecule has 0 saturated heterocycles. The quantitative estimate of drug-likeness (QED) is 0.472. The Morgan fingerprint density at radius 3 is 2.66 bits per heavy atom. The molecule has 0 bridgehead atoms. The number of para-hydroxylation sites is 1.